The van der Waals surface area contributed by atoms with E-state index in [-0.39, 0.29) is 6.04 Å². The first-order chi connectivity index (χ1) is 9.11. The van der Waals surface area contributed by atoms with Crippen molar-refractivity contribution in [3.05, 3.63) is 22.8 Å². The Morgan fingerprint density at radius 2 is 2.11 bits per heavy atom. The molecule has 1 aliphatic rings. The summed E-state index contributed by atoms with van der Waals surface area (Å²) in [5.41, 5.74) is 0. The molecule has 1 aromatic rings. The third-order valence-corrected chi connectivity index (χ3v) is 3.93. The predicted molar refractivity (Wildman–Crippen MR) is 77.4 cm³/mol. The molecule has 1 atom stereocenters. The van der Waals surface area contributed by atoms with Gasteiger partial charge in [0.15, 0.2) is 0 Å². The van der Waals surface area contributed by atoms with Crippen LogP contribution in [0.4, 0.5) is 5.82 Å². The Hall–Kier alpha value is -1.14. The molecule has 0 aromatic carbocycles. The topological polar surface area (TPSA) is 56.7 Å². The molecule has 5 nitrogen and oxygen atoms in total. The standard InChI is InChI=1S/C13H18BrN3O2/c1-2-11(13(18)19)16-5-7-17(8-6-16)12-4-3-10(14)9-15-12/h3-4,9,11H,2,5-8H2,1H3,(H,18,19). The molecule has 2 rings (SSSR count). The number of hydrogen-bond acceptors (Lipinski definition) is 4. The fourth-order valence-corrected chi connectivity index (χ4v) is 2.64. The largest absolute Gasteiger partial charge is 0.480 e. The van der Waals surface area contributed by atoms with Crippen LogP contribution in [0.5, 0.6) is 0 Å². The van der Waals surface area contributed by atoms with Gasteiger partial charge < -0.3 is 10.0 Å². The minimum absolute atomic E-state index is 0.361. The first-order valence-corrected chi connectivity index (χ1v) is 7.24. The van der Waals surface area contributed by atoms with Crippen molar-refractivity contribution in [3.63, 3.8) is 0 Å². The minimum Gasteiger partial charge on any atom is -0.480 e. The first-order valence-electron chi connectivity index (χ1n) is 6.45. The lowest BCUT2D eigenvalue weighted by Gasteiger charge is -2.37. The zero-order valence-corrected chi connectivity index (χ0v) is 12.5. The van der Waals surface area contributed by atoms with Crippen LogP contribution in [0.2, 0.25) is 0 Å². The summed E-state index contributed by atoms with van der Waals surface area (Å²) in [6.45, 7) is 5.09. The van der Waals surface area contributed by atoms with Crippen molar-refractivity contribution in [3.8, 4) is 0 Å². The maximum Gasteiger partial charge on any atom is 0.320 e. The minimum atomic E-state index is -0.724. The summed E-state index contributed by atoms with van der Waals surface area (Å²) < 4.78 is 0.965. The van der Waals surface area contributed by atoms with Gasteiger partial charge in [0, 0.05) is 36.8 Å². The third-order valence-electron chi connectivity index (χ3n) is 3.46. The fraction of sp³-hybridized carbons (Fsp3) is 0.538. The van der Waals surface area contributed by atoms with Crippen LogP contribution < -0.4 is 4.90 Å². The molecule has 1 fully saturated rings. The number of piperazine rings is 1. The van der Waals surface area contributed by atoms with Crippen molar-refractivity contribution in [2.75, 3.05) is 31.1 Å². The molecule has 104 valence electrons. The number of carbonyl (C=O) groups is 1. The number of anilines is 1. The molecule has 1 unspecified atom stereocenters. The van der Waals surface area contributed by atoms with Gasteiger partial charge in [-0.2, -0.15) is 0 Å². The average molecular weight is 328 g/mol. The summed E-state index contributed by atoms with van der Waals surface area (Å²) in [7, 11) is 0. The molecule has 1 aromatic heterocycles. The molecule has 2 heterocycles. The molecule has 0 radical (unpaired) electrons. The number of aromatic nitrogens is 1. The average Bonchev–Trinajstić information content (AvgIpc) is 2.41. The number of carboxylic acid groups (broad SMARTS) is 1. The smallest absolute Gasteiger partial charge is 0.320 e. The lowest BCUT2D eigenvalue weighted by Crippen LogP contribution is -2.52. The lowest BCUT2D eigenvalue weighted by atomic mass is 10.1. The van der Waals surface area contributed by atoms with Crippen molar-refractivity contribution >= 4 is 27.7 Å². The Labute approximate surface area is 121 Å². The second-order valence-electron chi connectivity index (χ2n) is 4.62. The molecule has 0 aliphatic carbocycles. The first kappa shape index (κ1) is 14.3. The number of aliphatic carboxylic acids is 1. The zero-order valence-electron chi connectivity index (χ0n) is 10.9. The van der Waals surface area contributed by atoms with E-state index >= 15 is 0 Å². The number of hydrogen-bond donors (Lipinski definition) is 1. The van der Waals surface area contributed by atoms with Gasteiger partial charge in [-0.15, -0.1) is 0 Å². The van der Waals surface area contributed by atoms with Crippen LogP contribution in [0.15, 0.2) is 22.8 Å². The second-order valence-corrected chi connectivity index (χ2v) is 5.54. The number of pyridine rings is 1. The van der Waals surface area contributed by atoms with Gasteiger partial charge in [0.2, 0.25) is 0 Å². The molecule has 19 heavy (non-hydrogen) atoms. The van der Waals surface area contributed by atoms with Gasteiger partial charge in [0.05, 0.1) is 0 Å². The van der Waals surface area contributed by atoms with E-state index in [9.17, 15) is 4.79 Å². The van der Waals surface area contributed by atoms with Crippen LogP contribution in [0.3, 0.4) is 0 Å². The highest BCUT2D eigenvalue weighted by molar-refractivity contribution is 9.10. The normalized spacial score (nSPS) is 18.3. The second kappa shape index (κ2) is 6.34. The molecule has 0 saturated carbocycles. The van der Waals surface area contributed by atoms with Crippen molar-refractivity contribution in [2.45, 2.75) is 19.4 Å². The van der Waals surface area contributed by atoms with E-state index < -0.39 is 5.97 Å². The molecule has 0 bridgehead atoms. The highest BCUT2D eigenvalue weighted by Crippen LogP contribution is 2.17. The van der Waals surface area contributed by atoms with E-state index in [1.807, 2.05) is 24.0 Å². The van der Waals surface area contributed by atoms with Crippen molar-refractivity contribution < 1.29 is 9.90 Å². The summed E-state index contributed by atoms with van der Waals surface area (Å²) >= 11 is 3.37. The number of rotatable bonds is 4. The van der Waals surface area contributed by atoms with Gasteiger partial charge in [-0.25, -0.2) is 4.98 Å². The number of halogens is 1. The molecule has 0 spiro atoms. The summed E-state index contributed by atoms with van der Waals surface area (Å²) in [4.78, 5) is 19.7. The summed E-state index contributed by atoms with van der Waals surface area (Å²) in [5.74, 6) is 0.226. The van der Waals surface area contributed by atoms with Crippen molar-refractivity contribution in [2.24, 2.45) is 0 Å². The Morgan fingerprint density at radius 1 is 1.42 bits per heavy atom. The monoisotopic (exact) mass is 327 g/mol. The Bertz CT molecular complexity index is 430. The SMILES string of the molecule is CCC(C(=O)O)N1CCN(c2ccc(Br)cn2)CC1. The van der Waals surface area contributed by atoms with E-state index in [4.69, 9.17) is 5.11 Å². The highest BCUT2D eigenvalue weighted by atomic mass is 79.9. The van der Waals surface area contributed by atoms with Crippen LogP contribution in [0.1, 0.15) is 13.3 Å². The maximum absolute atomic E-state index is 11.1. The van der Waals surface area contributed by atoms with Crippen molar-refractivity contribution in [1.29, 1.82) is 0 Å². The van der Waals surface area contributed by atoms with E-state index in [1.54, 1.807) is 6.20 Å². The molecule has 0 amide bonds. The van der Waals surface area contributed by atoms with E-state index in [0.29, 0.717) is 6.42 Å². The number of nitrogens with zero attached hydrogens (tertiary/aromatic N) is 3. The van der Waals surface area contributed by atoms with Crippen LogP contribution >= 0.6 is 15.9 Å². The molecular formula is C13H18BrN3O2. The van der Waals surface area contributed by atoms with E-state index in [1.165, 1.54) is 0 Å². The Kier molecular flexibility index (Phi) is 4.76. The lowest BCUT2D eigenvalue weighted by molar-refractivity contribution is -0.143. The Balaban J connectivity index is 1.95. The van der Waals surface area contributed by atoms with E-state index in [2.05, 4.69) is 25.8 Å². The van der Waals surface area contributed by atoms with E-state index in [0.717, 1.165) is 36.5 Å². The number of carboxylic acids is 1. The van der Waals surface area contributed by atoms with Gasteiger partial charge in [0.1, 0.15) is 11.9 Å². The van der Waals surface area contributed by atoms with Gasteiger partial charge in [0.25, 0.3) is 0 Å². The predicted octanol–water partition coefficient (Wildman–Crippen LogP) is 1.83. The fourth-order valence-electron chi connectivity index (χ4n) is 2.41. The molecule has 1 aliphatic heterocycles. The summed E-state index contributed by atoms with van der Waals surface area (Å²) in [6.07, 6.45) is 2.43. The summed E-state index contributed by atoms with van der Waals surface area (Å²) in [6, 6.07) is 3.59. The quantitative estimate of drug-likeness (QED) is 0.914. The summed E-state index contributed by atoms with van der Waals surface area (Å²) in [5, 5.41) is 9.17. The van der Waals surface area contributed by atoms with Gasteiger partial charge in [-0.3, -0.25) is 9.69 Å². The van der Waals surface area contributed by atoms with Crippen LogP contribution in [0.25, 0.3) is 0 Å². The van der Waals surface area contributed by atoms with Gasteiger partial charge in [-0.05, 0) is 34.5 Å². The molecule has 6 heteroatoms. The maximum atomic E-state index is 11.1. The molecule has 1 N–H and O–H groups in total. The Morgan fingerprint density at radius 3 is 2.58 bits per heavy atom. The van der Waals surface area contributed by atoms with Gasteiger partial charge in [-0.1, -0.05) is 6.92 Å². The molecular weight excluding hydrogens is 310 g/mol. The highest BCUT2D eigenvalue weighted by Gasteiger charge is 2.27. The van der Waals surface area contributed by atoms with Crippen LogP contribution in [-0.2, 0) is 4.79 Å². The zero-order chi connectivity index (χ0) is 13.8. The van der Waals surface area contributed by atoms with Gasteiger partial charge >= 0.3 is 5.97 Å². The van der Waals surface area contributed by atoms with Crippen molar-refractivity contribution in [1.82, 2.24) is 9.88 Å². The molecule has 1 saturated heterocycles. The van der Waals surface area contributed by atoms with Crippen LogP contribution in [0, 0.1) is 0 Å². The van der Waals surface area contributed by atoms with Crippen LogP contribution in [-0.4, -0.2) is 53.2 Å². The third kappa shape index (κ3) is 3.45.